The average Bonchev–Trinajstić information content (AvgIpc) is 3.31. The summed E-state index contributed by atoms with van der Waals surface area (Å²) in [5, 5.41) is 2.03. The molecule has 0 saturated heterocycles. The van der Waals surface area contributed by atoms with Crippen molar-refractivity contribution in [1.82, 2.24) is 9.88 Å². The molecule has 0 saturated carbocycles. The van der Waals surface area contributed by atoms with Crippen molar-refractivity contribution >= 4 is 40.0 Å². The monoisotopic (exact) mass is 497 g/mol. The van der Waals surface area contributed by atoms with E-state index >= 15 is 0 Å². The molecule has 184 valence electrons. The van der Waals surface area contributed by atoms with Gasteiger partial charge in [-0.3, -0.25) is 14.5 Å². The third-order valence-electron chi connectivity index (χ3n) is 5.10. The number of carbonyl (C=O) groups excluding carboxylic acids is 2. The topological polar surface area (TPSA) is 72.0 Å². The molecule has 0 atom stereocenters. The number of likely N-dealkylation sites (N-methyl/N-ethyl adjacent to an activating group) is 1. The Balaban J connectivity index is 1.73. The minimum atomic E-state index is -0.519. The highest BCUT2D eigenvalue weighted by Crippen LogP contribution is 2.31. The summed E-state index contributed by atoms with van der Waals surface area (Å²) in [6, 6.07) is 11.6. The molecule has 9 heteroatoms. The maximum atomic E-state index is 14.3. The molecule has 0 spiro atoms. The number of ether oxygens (including phenoxy) is 2. The number of hydrogen-bond donors (Lipinski definition) is 0. The zero-order chi connectivity index (χ0) is 25.4. The molecule has 0 N–H and O–H groups in total. The van der Waals surface area contributed by atoms with Crippen LogP contribution in [0.2, 0.25) is 0 Å². The molecule has 1 aromatic heterocycles. The molecule has 3 aromatic rings. The molecule has 0 aliphatic carbocycles. The standard InChI is InChI=1S/C26H28FN3O4S/c1-5-29(16-19-11-13-23(34-6-2)24(15-19)33-4)25(32)14-12-20-17-35-26(28-20)30(18(3)31)22-10-8-7-9-21(22)27/h7-15,17H,5-6,16H2,1-4H3/b14-12+. The first-order chi connectivity index (χ1) is 16.9. The summed E-state index contributed by atoms with van der Waals surface area (Å²) in [6.07, 6.45) is 3.03. The summed E-state index contributed by atoms with van der Waals surface area (Å²) in [4.78, 5) is 32.4. The van der Waals surface area contributed by atoms with E-state index in [1.165, 1.54) is 41.4 Å². The van der Waals surface area contributed by atoms with Crippen molar-refractivity contribution in [1.29, 1.82) is 0 Å². The van der Waals surface area contributed by atoms with Crippen molar-refractivity contribution in [2.75, 3.05) is 25.2 Å². The van der Waals surface area contributed by atoms with Crippen LogP contribution in [0.1, 0.15) is 32.0 Å². The Morgan fingerprint density at radius 2 is 1.91 bits per heavy atom. The van der Waals surface area contributed by atoms with E-state index in [1.807, 2.05) is 32.0 Å². The second-order valence-electron chi connectivity index (χ2n) is 7.46. The maximum Gasteiger partial charge on any atom is 0.246 e. The highest BCUT2D eigenvalue weighted by molar-refractivity contribution is 7.14. The van der Waals surface area contributed by atoms with Crippen molar-refractivity contribution in [3.63, 3.8) is 0 Å². The molecule has 3 rings (SSSR count). The van der Waals surface area contributed by atoms with E-state index in [1.54, 1.807) is 35.6 Å². The predicted molar refractivity (Wildman–Crippen MR) is 136 cm³/mol. The van der Waals surface area contributed by atoms with Crippen LogP contribution in [-0.4, -0.2) is 42.0 Å². The van der Waals surface area contributed by atoms with E-state index in [0.717, 1.165) is 5.56 Å². The number of benzene rings is 2. The number of amides is 2. The molecule has 35 heavy (non-hydrogen) atoms. The Kier molecular flexibility index (Phi) is 8.97. The fraction of sp³-hybridized carbons (Fsp3) is 0.269. The molecule has 2 aromatic carbocycles. The molecular formula is C26H28FN3O4S. The first-order valence-corrected chi connectivity index (χ1v) is 12.0. The van der Waals surface area contributed by atoms with Crippen molar-refractivity contribution in [3.8, 4) is 11.5 Å². The first kappa shape index (κ1) is 25.9. The fourth-order valence-corrected chi connectivity index (χ4v) is 4.26. The SMILES string of the molecule is CCOc1ccc(CN(CC)C(=O)/C=C/c2csc(N(C(C)=O)c3ccccc3F)n2)cc1OC. The minimum absolute atomic E-state index is 0.129. The summed E-state index contributed by atoms with van der Waals surface area (Å²) in [5.41, 5.74) is 1.54. The number of carbonyl (C=O) groups is 2. The molecule has 0 radical (unpaired) electrons. The van der Waals surface area contributed by atoms with Gasteiger partial charge in [-0.2, -0.15) is 0 Å². The zero-order valence-corrected chi connectivity index (χ0v) is 21.0. The second kappa shape index (κ2) is 12.1. The van der Waals surface area contributed by atoms with Gasteiger partial charge in [-0.25, -0.2) is 9.37 Å². The summed E-state index contributed by atoms with van der Waals surface area (Å²) in [7, 11) is 1.58. The summed E-state index contributed by atoms with van der Waals surface area (Å²) < 4.78 is 25.2. The summed E-state index contributed by atoms with van der Waals surface area (Å²) >= 11 is 1.19. The first-order valence-electron chi connectivity index (χ1n) is 11.1. The molecule has 0 aliphatic heterocycles. The number of nitrogens with zero attached hydrogens (tertiary/aromatic N) is 3. The van der Waals surface area contributed by atoms with Crippen LogP contribution in [0.15, 0.2) is 53.9 Å². The van der Waals surface area contributed by atoms with E-state index in [9.17, 15) is 14.0 Å². The van der Waals surface area contributed by atoms with Crippen molar-refractivity contribution in [3.05, 3.63) is 71.0 Å². The van der Waals surface area contributed by atoms with Gasteiger partial charge in [0.2, 0.25) is 11.8 Å². The Bertz CT molecular complexity index is 1210. The van der Waals surface area contributed by atoms with E-state index in [-0.39, 0.29) is 17.5 Å². The molecule has 0 aliphatic rings. The number of anilines is 2. The van der Waals surface area contributed by atoms with E-state index < -0.39 is 5.82 Å². The second-order valence-corrected chi connectivity index (χ2v) is 8.30. The third-order valence-corrected chi connectivity index (χ3v) is 5.94. The van der Waals surface area contributed by atoms with Crippen LogP contribution < -0.4 is 14.4 Å². The van der Waals surface area contributed by atoms with E-state index in [4.69, 9.17) is 9.47 Å². The molecule has 0 bridgehead atoms. The lowest BCUT2D eigenvalue weighted by Gasteiger charge is -2.20. The molecular weight excluding hydrogens is 469 g/mol. The van der Waals surface area contributed by atoms with Gasteiger partial charge in [-0.05, 0) is 49.8 Å². The van der Waals surface area contributed by atoms with Gasteiger partial charge in [0.25, 0.3) is 0 Å². The van der Waals surface area contributed by atoms with Crippen LogP contribution in [0.3, 0.4) is 0 Å². The molecule has 2 amide bonds. The van der Waals surface area contributed by atoms with Crippen molar-refractivity contribution in [2.45, 2.75) is 27.3 Å². The van der Waals surface area contributed by atoms with Gasteiger partial charge in [0.05, 0.1) is 25.1 Å². The molecule has 7 nitrogen and oxygen atoms in total. The Morgan fingerprint density at radius 3 is 2.57 bits per heavy atom. The highest BCUT2D eigenvalue weighted by Gasteiger charge is 2.20. The lowest BCUT2D eigenvalue weighted by atomic mass is 10.2. The van der Waals surface area contributed by atoms with Gasteiger partial charge < -0.3 is 14.4 Å². The van der Waals surface area contributed by atoms with E-state index in [2.05, 4.69) is 4.98 Å². The molecule has 0 fully saturated rings. The summed E-state index contributed by atoms with van der Waals surface area (Å²) in [6.45, 7) is 6.59. The van der Waals surface area contributed by atoms with Crippen LogP contribution in [0.4, 0.5) is 15.2 Å². The predicted octanol–water partition coefficient (Wildman–Crippen LogP) is 5.44. The quantitative estimate of drug-likeness (QED) is 0.349. The van der Waals surface area contributed by atoms with E-state index in [0.29, 0.717) is 42.0 Å². The maximum absolute atomic E-state index is 14.3. The molecule has 0 unspecified atom stereocenters. The largest absolute Gasteiger partial charge is 0.493 e. The molecule has 1 heterocycles. The van der Waals surface area contributed by atoms with Gasteiger partial charge in [0.1, 0.15) is 5.82 Å². The van der Waals surface area contributed by atoms with Crippen LogP contribution in [0.25, 0.3) is 6.08 Å². The van der Waals surface area contributed by atoms with Gasteiger partial charge >= 0.3 is 0 Å². The number of para-hydroxylation sites is 1. The third kappa shape index (κ3) is 6.45. The number of hydrogen-bond acceptors (Lipinski definition) is 6. The Labute approximate surface area is 208 Å². The van der Waals surface area contributed by atoms with Gasteiger partial charge in [0.15, 0.2) is 16.6 Å². The van der Waals surface area contributed by atoms with Gasteiger partial charge in [-0.1, -0.05) is 18.2 Å². The lowest BCUT2D eigenvalue weighted by molar-refractivity contribution is -0.126. The lowest BCUT2D eigenvalue weighted by Crippen LogP contribution is -2.28. The number of methoxy groups -OCH3 is 1. The highest BCUT2D eigenvalue weighted by atomic mass is 32.1. The Morgan fingerprint density at radius 1 is 1.14 bits per heavy atom. The smallest absolute Gasteiger partial charge is 0.246 e. The summed E-state index contributed by atoms with van der Waals surface area (Å²) in [5.74, 6) is 0.201. The number of halogens is 1. The van der Waals surface area contributed by atoms with Crippen LogP contribution in [-0.2, 0) is 16.1 Å². The van der Waals surface area contributed by atoms with Crippen LogP contribution in [0, 0.1) is 5.82 Å². The normalized spacial score (nSPS) is 10.9. The zero-order valence-electron chi connectivity index (χ0n) is 20.2. The number of thiazole rings is 1. The van der Waals surface area contributed by atoms with Crippen LogP contribution in [0.5, 0.6) is 11.5 Å². The Hall–Kier alpha value is -3.72. The minimum Gasteiger partial charge on any atom is -0.493 e. The van der Waals surface area contributed by atoms with Gasteiger partial charge in [0, 0.05) is 31.5 Å². The van der Waals surface area contributed by atoms with Crippen molar-refractivity contribution < 1.29 is 23.5 Å². The number of aromatic nitrogens is 1. The average molecular weight is 498 g/mol. The van der Waals surface area contributed by atoms with Crippen LogP contribution >= 0.6 is 11.3 Å². The fourth-order valence-electron chi connectivity index (χ4n) is 3.41. The van der Waals surface area contributed by atoms with Crippen molar-refractivity contribution in [2.24, 2.45) is 0 Å². The van der Waals surface area contributed by atoms with Gasteiger partial charge in [-0.15, -0.1) is 11.3 Å². The number of rotatable bonds is 10.